The van der Waals surface area contributed by atoms with Crippen LogP contribution < -0.4 is 0 Å². The van der Waals surface area contributed by atoms with Crippen molar-refractivity contribution < 1.29 is 9.31 Å². The van der Waals surface area contributed by atoms with Crippen LogP contribution in [0.4, 0.5) is 10.1 Å². The lowest BCUT2D eigenvalue weighted by Gasteiger charge is -2.03. The summed E-state index contributed by atoms with van der Waals surface area (Å²) in [6.45, 7) is 4.00. The van der Waals surface area contributed by atoms with Gasteiger partial charge in [-0.1, -0.05) is 13.8 Å². The molecule has 0 aliphatic carbocycles. The maximum atomic E-state index is 12.8. The lowest BCUT2D eigenvalue weighted by molar-refractivity contribution is -0.384. The van der Waals surface area contributed by atoms with Gasteiger partial charge in [-0.05, 0) is 24.3 Å². The molecule has 0 N–H and O–H groups in total. The van der Waals surface area contributed by atoms with Crippen LogP contribution in [0, 0.1) is 15.9 Å². The van der Waals surface area contributed by atoms with Crippen LogP contribution in [0.15, 0.2) is 42.7 Å². The Bertz CT molecular complexity index is 495. The standard InChI is InChI=1S/C10H7FN2O2.C2H6/c11-8-3-4-9(10(7-8)13(14)15)12-5-1-2-6-12;1-2/h1-7H;1-2H3. The van der Waals surface area contributed by atoms with Gasteiger partial charge in [0.2, 0.25) is 0 Å². The van der Waals surface area contributed by atoms with E-state index in [0.29, 0.717) is 5.69 Å². The van der Waals surface area contributed by atoms with Gasteiger partial charge < -0.3 is 4.57 Å². The quantitative estimate of drug-likeness (QED) is 0.591. The molecular formula is C12H13FN2O2. The molecule has 2 aromatic rings. The molecule has 0 saturated heterocycles. The molecule has 1 heterocycles. The Hall–Kier alpha value is -2.17. The van der Waals surface area contributed by atoms with E-state index in [2.05, 4.69) is 0 Å². The molecular weight excluding hydrogens is 223 g/mol. The van der Waals surface area contributed by atoms with Crippen LogP contribution in [-0.2, 0) is 0 Å². The number of aromatic nitrogens is 1. The minimum absolute atomic E-state index is 0.244. The van der Waals surface area contributed by atoms with Gasteiger partial charge in [0, 0.05) is 12.4 Å². The van der Waals surface area contributed by atoms with Crippen molar-refractivity contribution in [2.24, 2.45) is 0 Å². The number of hydrogen-bond donors (Lipinski definition) is 0. The Morgan fingerprint density at radius 1 is 1.24 bits per heavy atom. The third-order valence-electron chi connectivity index (χ3n) is 2.02. The lowest BCUT2D eigenvalue weighted by atomic mass is 10.2. The van der Waals surface area contributed by atoms with Gasteiger partial charge in [-0.15, -0.1) is 0 Å². The van der Waals surface area contributed by atoms with Gasteiger partial charge in [-0.25, -0.2) is 4.39 Å². The summed E-state index contributed by atoms with van der Waals surface area (Å²) in [4.78, 5) is 10.1. The van der Waals surface area contributed by atoms with Crippen LogP contribution in [0.2, 0.25) is 0 Å². The predicted molar refractivity (Wildman–Crippen MR) is 63.7 cm³/mol. The molecule has 0 atom stereocenters. The molecule has 0 aliphatic heterocycles. The Balaban J connectivity index is 0.000000686. The summed E-state index contributed by atoms with van der Waals surface area (Å²) in [5.41, 5.74) is 0.109. The summed E-state index contributed by atoms with van der Waals surface area (Å²) in [7, 11) is 0. The molecule has 5 heteroatoms. The van der Waals surface area contributed by atoms with Gasteiger partial charge in [0.15, 0.2) is 0 Å². The van der Waals surface area contributed by atoms with Crippen molar-refractivity contribution in [2.45, 2.75) is 13.8 Å². The van der Waals surface area contributed by atoms with Crippen LogP contribution in [0.3, 0.4) is 0 Å². The summed E-state index contributed by atoms with van der Waals surface area (Å²) in [5, 5.41) is 10.7. The van der Waals surface area contributed by atoms with E-state index in [1.165, 1.54) is 12.1 Å². The number of nitro benzene ring substituents is 1. The average molecular weight is 236 g/mol. The van der Waals surface area contributed by atoms with Gasteiger partial charge in [-0.3, -0.25) is 10.1 Å². The predicted octanol–water partition coefficient (Wildman–Crippen LogP) is 3.55. The number of nitrogens with zero attached hydrogens (tertiary/aromatic N) is 2. The fourth-order valence-corrected chi connectivity index (χ4v) is 1.36. The zero-order valence-corrected chi connectivity index (χ0v) is 9.63. The number of benzene rings is 1. The molecule has 0 saturated carbocycles. The summed E-state index contributed by atoms with van der Waals surface area (Å²) in [5.74, 6) is -0.613. The van der Waals surface area contributed by atoms with Gasteiger partial charge in [0.05, 0.1) is 11.0 Å². The normalized spacial score (nSPS) is 9.35. The first-order valence-corrected chi connectivity index (χ1v) is 5.26. The molecule has 0 aliphatic rings. The minimum Gasteiger partial charge on any atom is -0.318 e. The van der Waals surface area contributed by atoms with Crippen molar-refractivity contribution in [3.05, 3.63) is 58.7 Å². The first-order chi connectivity index (χ1) is 8.18. The third kappa shape index (κ3) is 2.90. The molecule has 90 valence electrons. The van der Waals surface area contributed by atoms with Crippen LogP contribution >= 0.6 is 0 Å². The third-order valence-corrected chi connectivity index (χ3v) is 2.02. The molecule has 0 unspecified atom stereocenters. The fraction of sp³-hybridized carbons (Fsp3) is 0.167. The molecule has 2 rings (SSSR count). The Morgan fingerprint density at radius 3 is 2.35 bits per heavy atom. The molecule has 1 aromatic heterocycles. The van der Waals surface area contributed by atoms with Gasteiger partial charge >= 0.3 is 0 Å². The SMILES string of the molecule is CC.O=[N+]([O-])c1cc(F)ccc1-n1cccc1. The topological polar surface area (TPSA) is 48.1 Å². The van der Waals surface area contributed by atoms with E-state index in [1.807, 2.05) is 13.8 Å². The van der Waals surface area contributed by atoms with Gasteiger partial charge in [0.25, 0.3) is 5.69 Å². The van der Waals surface area contributed by atoms with E-state index in [4.69, 9.17) is 0 Å². The molecule has 0 spiro atoms. The summed E-state index contributed by atoms with van der Waals surface area (Å²) in [6, 6.07) is 6.98. The molecule has 0 fully saturated rings. The molecule has 0 amide bonds. The number of nitro groups is 1. The second-order valence-electron chi connectivity index (χ2n) is 2.98. The molecule has 4 nitrogen and oxygen atoms in total. The molecule has 0 radical (unpaired) electrons. The van der Waals surface area contributed by atoms with Crippen molar-refractivity contribution in [3.63, 3.8) is 0 Å². The zero-order chi connectivity index (χ0) is 12.8. The monoisotopic (exact) mass is 236 g/mol. The summed E-state index contributed by atoms with van der Waals surface area (Å²) in [6.07, 6.45) is 3.33. The van der Waals surface area contributed by atoms with E-state index in [0.717, 1.165) is 6.07 Å². The Morgan fingerprint density at radius 2 is 1.82 bits per heavy atom. The Labute approximate surface area is 98.5 Å². The van der Waals surface area contributed by atoms with Crippen LogP contribution in [0.1, 0.15) is 13.8 Å². The highest BCUT2D eigenvalue weighted by Gasteiger charge is 2.15. The maximum absolute atomic E-state index is 12.8. The van der Waals surface area contributed by atoms with Crippen LogP contribution in [0.5, 0.6) is 0 Å². The van der Waals surface area contributed by atoms with Gasteiger partial charge in [0.1, 0.15) is 11.5 Å². The fourth-order valence-electron chi connectivity index (χ4n) is 1.36. The van der Waals surface area contributed by atoms with Crippen molar-refractivity contribution in [3.8, 4) is 5.69 Å². The number of halogens is 1. The average Bonchev–Trinajstić information content (AvgIpc) is 2.85. The van der Waals surface area contributed by atoms with E-state index in [9.17, 15) is 14.5 Å². The second-order valence-corrected chi connectivity index (χ2v) is 2.98. The first-order valence-electron chi connectivity index (χ1n) is 5.26. The lowest BCUT2D eigenvalue weighted by Crippen LogP contribution is -1.98. The Kier molecular flexibility index (Phi) is 4.39. The van der Waals surface area contributed by atoms with Crippen molar-refractivity contribution in [2.75, 3.05) is 0 Å². The summed E-state index contributed by atoms with van der Waals surface area (Å²) < 4.78 is 14.4. The van der Waals surface area contributed by atoms with Gasteiger partial charge in [-0.2, -0.15) is 0 Å². The number of hydrogen-bond acceptors (Lipinski definition) is 2. The largest absolute Gasteiger partial charge is 0.318 e. The van der Waals surface area contributed by atoms with Crippen LogP contribution in [0.25, 0.3) is 5.69 Å². The molecule has 0 bridgehead atoms. The maximum Gasteiger partial charge on any atom is 0.296 e. The minimum atomic E-state index is -0.613. The van der Waals surface area contributed by atoms with E-state index in [-0.39, 0.29) is 5.69 Å². The first kappa shape index (κ1) is 12.9. The van der Waals surface area contributed by atoms with Crippen molar-refractivity contribution in [1.82, 2.24) is 4.57 Å². The highest BCUT2D eigenvalue weighted by molar-refractivity contribution is 5.52. The van der Waals surface area contributed by atoms with Crippen molar-refractivity contribution in [1.29, 1.82) is 0 Å². The van der Waals surface area contributed by atoms with E-state index in [1.54, 1.807) is 29.1 Å². The smallest absolute Gasteiger partial charge is 0.296 e. The van der Waals surface area contributed by atoms with Crippen molar-refractivity contribution >= 4 is 5.69 Å². The molecule has 17 heavy (non-hydrogen) atoms. The summed E-state index contributed by atoms with van der Waals surface area (Å²) >= 11 is 0. The van der Waals surface area contributed by atoms with E-state index >= 15 is 0 Å². The number of rotatable bonds is 2. The second kappa shape index (κ2) is 5.79. The van der Waals surface area contributed by atoms with E-state index < -0.39 is 10.7 Å². The highest BCUT2D eigenvalue weighted by atomic mass is 19.1. The zero-order valence-electron chi connectivity index (χ0n) is 9.63. The molecule has 1 aromatic carbocycles. The highest BCUT2D eigenvalue weighted by Crippen LogP contribution is 2.23. The van der Waals surface area contributed by atoms with Crippen LogP contribution in [-0.4, -0.2) is 9.49 Å².